The summed E-state index contributed by atoms with van der Waals surface area (Å²) in [6.45, 7) is 6.67. The highest BCUT2D eigenvalue weighted by Crippen LogP contribution is 2.29. The zero-order valence-corrected chi connectivity index (χ0v) is 16.2. The topological polar surface area (TPSA) is 75.7 Å². The molecule has 0 aliphatic carbocycles. The highest BCUT2D eigenvalue weighted by Gasteiger charge is 2.48. The minimum atomic E-state index is -0.645. The molecule has 1 aromatic carbocycles. The van der Waals surface area contributed by atoms with E-state index >= 15 is 0 Å². The lowest BCUT2D eigenvalue weighted by Gasteiger charge is -2.31. The Kier molecular flexibility index (Phi) is 5.65. The number of Topliss-reactive ketones (excluding diaryl/α,β-unsaturated/α-hetero) is 1. The standard InChI is InChI=1S/C21H28N2O4/c1-21(2,3)12-15(22-18(25)11-14-7-5-4-6-8-14)20(26)23-10-9-17-19(23)16(24)13-27-17/h4-8,15,17,19H,9-13H2,1-3H3,(H,22,25). The van der Waals surface area contributed by atoms with Gasteiger partial charge in [-0.3, -0.25) is 14.4 Å². The van der Waals surface area contributed by atoms with E-state index < -0.39 is 12.1 Å². The number of rotatable bonds is 5. The minimum Gasteiger partial charge on any atom is -0.368 e. The zero-order valence-electron chi connectivity index (χ0n) is 16.2. The first-order chi connectivity index (χ1) is 12.7. The van der Waals surface area contributed by atoms with Gasteiger partial charge in [0.05, 0.1) is 12.5 Å². The molecule has 0 aromatic heterocycles. The molecule has 3 rings (SSSR count). The van der Waals surface area contributed by atoms with E-state index in [1.54, 1.807) is 4.90 Å². The van der Waals surface area contributed by atoms with Crippen molar-refractivity contribution in [2.75, 3.05) is 13.2 Å². The van der Waals surface area contributed by atoms with Crippen molar-refractivity contribution in [2.24, 2.45) is 5.41 Å². The SMILES string of the molecule is CC(C)(C)CC(NC(=O)Cc1ccccc1)C(=O)N1CCC2OCC(=O)C21. The number of nitrogens with zero attached hydrogens (tertiary/aromatic N) is 1. The molecule has 6 nitrogen and oxygen atoms in total. The molecule has 2 aliphatic rings. The Bertz CT molecular complexity index is 711. The number of nitrogens with one attached hydrogen (secondary N) is 1. The van der Waals surface area contributed by atoms with E-state index in [0.29, 0.717) is 19.4 Å². The molecule has 3 atom stereocenters. The van der Waals surface area contributed by atoms with Crippen molar-refractivity contribution in [3.63, 3.8) is 0 Å². The van der Waals surface area contributed by atoms with Crippen LogP contribution < -0.4 is 5.32 Å². The molecule has 2 aliphatic heterocycles. The van der Waals surface area contributed by atoms with Gasteiger partial charge < -0.3 is 15.0 Å². The Balaban J connectivity index is 1.71. The maximum Gasteiger partial charge on any atom is 0.245 e. The lowest BCUT2D eigenvalue weighted by molar-refractivity contribution is -0.140. The lowest BCUT2D eigenvalue weighted by Crippen LogP contribution is -2.53. The van der Waals surface area contributed by atoms with E-state index in [1.165, 1.54) is 0 Å². The molecule has 3 unspecified atom stereocenters. The number of carbonyl (C=O) groups excluding carboxylic acids is 3. The van der Waals surface area contributed by atoms with Crippen LogP contribution >= 0.6 is 0 Å². The van der Waals surface area contributed by atoms with Crippen molar-refractivity contribution in [1.82, 2.24) is 10.2 Å². The third-order valence-corrected chi connectivity index (χ3v) is 5.05. The van der Waals surface area contributed by atoms with Crippen LogP contribution in [0.2, 0.25) is 0 Å². The lowest BCUT2D eigenvalue weighted by atomic mass is 9.87. The molecule has 0 saturated carbocycles. The fourth-order valence-electron chi connectivity index (χ4n) is 3.88. The smallest absolute Gasteiger partial charge is 0.245 e. The Morgan fingerprint density at radius 3 is 2.63 bits per heavy atom. The summed E-state index contributed by atoms with van der Waals surface area (Å²) in [4.78, 5) is 39.5. The van der Waals surface area contributed by atoms with E-state index in [9.17, 15) is 14.4 Å². The molecule has 2 heterocycles. The molecule has 2 fully saturated rings. The third kappa shape index (κ3) is 4.75. The molecule has 146 valence electrons. The van der Waals surface area contributed by atoms with Gasteiger partial charge in [-0.1, -0.05) is 51.1 Å². The van der Waals surface area contributed by atoms with Crippen molar-refractivity contribution >= 4 is 17.6 Å². The van der Waals surface area contributed by atoms with Gasteiger partial charge in [-0.05, 0) is 23.8 Å². The molecular weight excluding hydrogens is 344 g/mol. The van der Waals surface area contributed by atoms with Crippen molar-refractivity contribution in [1.29, 1.82) is 0 Å². The van der Waals surface area contributed by atoms with Gasteiger partial charge in [0.25, 0.3) is 0 Å². The minimum absolute atomic E-state index is 0.0454. The Morgan fingerprint density at radius 1 is 1.26 bits per heavy atom. The fraction of sp³-hybridized carbons (Fsp3) is 0.571. The molecule has 6 heteroatoms. The molecule has 2 amide bonds. The Hall–Kier alpha value is -2.21. The molecule has 1 aromatic rings. The highest BCUT2D eigenvalue weighted by atomic mass is 16.5. The van der Waals surface area contributed by atoms with Gasteiger partial charge >= 0.3 is 0 Å². The number of ketones is 1. The maximum absolute atomic E-state index is 13.2. The van der Waals surface area contributed by atoms with Crippen molar-refractivity contribution in [3.8, 4) is 0 Å². The van der Waals surface area contributed by atoms with Crippen molar-refractivity contribution < 1.29 is 19.1 Å². The summed E-state index contributed by atoms with van der Waals surface area (Å²) in [6, 6.07) is 8.31. The first-order valence-electron chi connectivity index (χ1n) is 9.53. The Morgan fingerprint density at radius 2 is 1.96 bits per heavy atom. The van der Waals surface area contributed by atoms with Crippen LogP contribution in [0.3, 0.4) is 0 Å². The number of carbonyl (C=O) groups is 3. The van der Waals surface area contributed by atoms with Gasteiger partial charge in [0, 0.05) is 6.54 Å². The molecular formula is C21H28N2O4. The second-order valence-corrected chi connectivity index (χ2v) is 8.63. The largest absolute Gasteiger partial charge is 0.368 e. The third-order valence-electron chi connectivity index (χ3n) is 5.05. The highest BCUT2D eigenvalue weighted by molar-refractivity contribution is 5.95. The zero-order chi connectivity index (χ0) is 19.6. The number of hydrogen-bond donors (Lipinski definition) is 1. The van der Waals surface area contributed by atoms with Crippen LogP contribution in [0.4, 0.5) is 0 Å². The van der Waals surface area contributed by atoms with Gasteiger partial charge in [0.1, 0.15) is 18.7 Å². The number of amides is 2. The molecule has 1 N–H and O–H groups in total. The molecule has 27 heavy (non-hydrogen) atoms. The van der Waals surface area contributed by atoms with E-state index in [-0.39, 0.29) is 42.1 Å². The van der Waals surface area contributed by atoms with E-state index in [2.05, 4.69) is 5.32 Å². The van der Waals surface area contributed by atoms with Gasteiger partial charge in [0.2, 0.25) is 11.8 Å². The molecule has 0 spiro atoms. The average molecular weight is 372 g/mol. The number of benzene rings is 1. The van der Waals surface area contributed by atoms with Crippen LogP contribution in [0.1, 0.15) is 39.2 Å². The van der Waals surface area contributed by atoms with Gasteiger partial charge in [-0.15, -0.1) is 0 Å². The van der Waals surface area contributed by atoms with E-state index in [1.807, 2.05) is 51.1 Å². The molecule has 2 saturated heterocycles. The van der Waals surface area contributed by atoms with Crippen LogP contribution in [0.5, 0.6) is 0 Å². The normalized spacial score (nSPS) is 23.2. The first kappa shape index (κ1) is 19.5. The fourth-order valence-corrected chi connectivity index (χ4v) is 3.88. The van der Waals surface area contributed by atoms with Crippen LogP contribution in [-0.4, -0.2) is 53.8 Å². The summed E-state index contributed by atoms with van der Waals surface area (Å²) >= 11 is 0. The number of fused-ring (bicyclic) bond motifs is 1. The quantitative estimate of drug-likeness (QED) is 0.854. The van der Waals surface area contributed by atoms with Crippen molar-refractivity contribution in [3.05, 3.63) is 35.9 Å². The summed E-state index contributed by atoms with van der Waals surface area (Å²) in [6.07, 6.45) is 1.21. The molecule has 0 radical (unpaired) electrons. The second kappa shape index (κ2) is 7.80. The predicted molar refractivity (Wildman–Crippen MR) is 101 cm³/mol. The number of hydrogen-bond acceptors (Lipinski definition) is 4. The van der Waals surface area contributed by atoms with Gasteiger partial charge in [0.15, 0.2) is 5.78 Å². The van der Waals surface area contributed by atoms with Crippen molar-refractivity contribution in [2.45, 2.75) is 58.2 Å². The first-order valence-corrected chi connectivity index (χ1v) is 9.53. The number of ether oxygens (including phenoxy) is 1. The predicted octanol–water partition coefficient (Wildman–Crippen LogP) is 1.72. The summed E-state index contributed by atoms with van der Waals surface area (Å²) in [5.41, 5.74) is 0.757. The average Bonchev–Trinajstić information content (AvgIpc) is 3.16. The summed E-state index contributed by atoms with van der Waals surface area (Å²) in [5, 5.41) is 2.91. The maximum atomic E-state index is 13.2. The van der Waals surface area contributed by atoms with E-state index in [0.717, 1.165) is 5.56 Å². The summed E-state index contributed by atoms with van der Waals surface area (Å²) in [5.74, 6) is -0.415. The number of likely N-dealkylation sites (tertiary alicyclic amines) is 1. The van der Waals surface area contributed by atoms with Crippen LogP contribution in [0.25, 0.3) is 0 Å². The van der Waals surface area contributed by atoms with E-state index in [4.69, 9.17) is 4.74 Å². The summed E-state index contributed by atoms with van der Waals surface area (Å²) in [7, 11) is 0. The monoisotopic (exact) mass is 372 g/mol. The van der Waals surface area contributed by atoms with Gasteiger partial charge in [-0.25, -0.2) is 0 Å². The molecule has 0 bridgehead atoms. The van der Waals surface area contributed by atoms with Crippen LogP contribution in [0, 0.1) is 5.41 Å². The van der Waals surface area contributed by atoms with Crippen LogP contribution in [-0.2, 0) is 25.5 Å². The van der Waals surface area contributed by atoms with Crippen LogP contribution in [0.15, 0.2) is 30.3 Å². The summed E-state index contributed by atoms with van der Waals surface area (Å²) < 4.78 is 5.48. The van der Waals surface area contributed by atoms with Gasteiger partial charge in [-0.2, -0.15) is 0 Å². The second-order valence-electron chi connectivity index (χ2n) is 8.63. The Labute approximate surface area is 160 Å².